The molecule has 0 saturated carbocycles. The van der Waals surface area contributed by atoms with Gasteiger partial charge in [0.15, 0.2) is 0 Å². The van der Waals surface area contributed by atoms with Crippen molar-refractivity contribution in [3.8, 4) is 0 Å². The van der Waals surface area contributed by atoms with Gasteiger partial charge in [-0.15, -0.1) is 0 Å². The number of likely N-dealkylation sites (tertiary alicyclic amines) is 1. The largest absolute Gasteiger partial charge is 0.396 e. The van der Waals surface area contributed by atoms with E-state index >= 15 is 0 Å². The second-order valence-electron chi connectivity index (χ2n) is 7.56. The first kappa shape index (κ1) is 18.2. The van der Waals surface area contributed by atoms with E-state index in [-0.39, 0.29) is 29.8 Å². The van der Waals surface area contributed by atoms with Crippen LogP contribution in [0.2, 0.25) is 0 Å². The molecule has 2 saturated heterocycles. The maximum absolute atomic E-state index is 12.7. The Morgan fingerprint density at radius 3 is 2.65 bits per heavy atom. The summed E-state index contributed by atoms with van der Waals surface area (Å²) in [7, 11) is 1.78. The van der Waals surface area contributed by atoms with Crippen molar-refractivity contribution in [2.45, 2.75) is 33.1 Å². The molecule has 132 valence electrons. The molecule has 0 aromatic carbocycles. The number of aliphatic hydroxyl groups excluding tert-OH is 1. The van der Waals surface area contributed by atoms with Crippen molar-refractivity contribution in [1.29, 1.82) is 0 Å². The van der Waals surface area contributed by atoms with E-state index in [0.717, 1.165) is 12.8 Å². The second kappa shape index (κ2) is 7.62. The second-order valence-corrected chi connectivity index (χ2v) is 7.56. The fourth-order valence-electron chi connectivity index (χ4n) is 3.62. The van der Waals surface area contributed by atoms with E-state index in [2.05, 4.69) is 13.8 Å². The topological polar surface area (TPSA) is 70.1 Å². The maximum Gasteiger partial charge on any atom is 0.227 e. The minimum Gasteiger partial charge on any atom is -0.396 e. The van der Waals surface area contributed by atoms with Gasteiger partial charge in [-0.2, -0.15) is 0 Å². The highest BCUT2D eigenvalue weighted by Gasteiger charge is 2.39. The third-order valence-electron chi connectivity index (χ3n) is 4.99. The summed E-state index contributed by atoms with van der Waals surface area (Å²) in [5.74, 6) is 0.254. The Balaban J connectivity index is 1.93. The Morgan fingerprint density at radius 1 is 1.43 bits per heavy atom. The molecule has 2 rings (SSSR count). The average Bonchev–Trinajstić information content (AvgIpc) is 2.87. The van der Waals surface area contributed by atoms with Gasteiger partial charge in [0.2, 0.25) is 11.8 Å². The van der Waals surface area contributed by atoms with Crippen LogP contribution in [0.15, 0.2) is 0 Å². The van der Waals surface area contributed by atoms with Gasteiger partial charge in [0.05, 0.1) is 12.5 Å². The number of amides is 2. The van der Waals surface area contributed by atoms with Crippen LogP contribution in [-0.4, -0.2) is 73.2 Å². The Morgan fingerprint density at radius 2 is 2.09 bits per heavy atom. The molecule has 0 aromatic heterocycles. The molecule has 2 aliphatic rings. The van der Waals surface area contributed by atoms with Crippen LogP contribution >= 0.6 is 0 Å². The zero-order valence-electron chi connectivity index (χ0n) is 14.6. The maximum atomic E-state index is 12.7. The molecule has 0 aromatic rings. The van der Waals surface area contributed by atoms with Crippen molar-refractivity contribution < 1.29 is 19.4 Å². The lowest BCUT2D eigenvalue weighted by atomic mass is 9.80. The number of hydrogen-bond donors (Lipinski definition) is 1. The van der Waals surface area contributed by atoms with Gasteiger partial charge in [-0.3, -0.25) is 9.59 Å². The van der Waals surface area contributed by atoms with Crippen LogP contribution in [0.1, 0.15) is 33.1 Å². The quantitative estimate of drug-likeness (QED) is 0.781. The molecule has 2 aliphatic heterocycles. The van der Waals surface area contributed by atoms with Gasteiger partial charge in [0.25, 0.3) is 0 Å². The molecule has 0 unspecified atom stereocenters. The summed E-state index contributed by atoms with van der Waals surface area (Å²) in [6.45, 7) is 7.24. The molecule has 0 aliphatic carbocycles. The van der Waals surface area contributed by atoms with Crippen LogP contribution in [0.25, 0.3) is 0 Å². The predicted molar refractivity (Wildman–Crippen MR) is 86.7 cm³/mol. The summed E-state index contributed by atoms with van der Waals surface area (Å²) in [6.07, 6.45) is 1.85. The lowest BCUT2D eigenvalue weighted by Crippen LogP contribution is -2.46. The highest BCUT2D eigenvalue weighted by atomic mass is 16.5. The highest BCUT2D eigenvalue weighted by Crippen LogP contribution is 2.31. The van der Waals surface area contributed by atoms with E-state index in [1.54, 1.807) is 16.8 Å². The van der Waals surface area contributed by atoms with Crippen LogP contribution in [0.4, 0.5) is 0 Å². The zero-order chi connectivity index (χ0) is 17.0. The van der Waals surface area contributed by atoms with Gasteiger partial charge >= 0.3 is 0 Å². The molecular formula is C17H30N2O4. The summed E-state index contributed by atoms with van der Waals surface area (Å²) in [4.78, 5) is 28.3. The van der Waals surface area contributed by atoms with Gasteiger partial charge in [-0.05, 0) is 18.8 Å². The van der Waals surface area contributed by atoms with Gasteiger partial charge < -0.3 is 19.6 Å². The molecule has 2 amide bonds. The van der Waals surface area contributed by atoms with Crippen molar-refractivity contribution in [2.24, 2.45) is 17.3 Å². The van der Waals surface area contributed by atoms with E-state index in [4.69, 9.17) is 4.74 Å². The predicted octanol–water partition coefficient (Wildman–Crippen LogP) is 0.738. The van der Waals surface area contributed by atoms with Crippen LogP contribution in [-0.2, 0) is 14.3 Å². The highest BCUT2D eigenvalue weighted by molar-refractivity contribution is 5.89. The molecular weight excluding hydrogens is 296 g/mol. The lowest BCUT2D eigenvalue weighted by molar-refractivity contribution is -0.137. The SMILES string of the molecule is CC(C)CN1C[C@@H](C(=O)N(C)CC2(CO)CCOCC2)CC1=O. The summed E-state index contributed by atoms with van der Waals surface area (Å²) in [5.41, 5.74) is -0.261. The molecule has 1 atom stereocenters. The Bertz CT molecular complexity index is 432. The summed E-state index contributed by atoms with van der Waals surface area (Å²) in [5, 5.41) is 9.76. The van der Waals surface area contributed by atoms with Crippen molar-refractivity contribution in [1.82, 2.24) is 9.80 Å². The van der Waals surface area contributed by atoms with Crippen molar-refractivity contribution in [2.75, 3.05) is 46.5 Å². The van der Waals surface area contributed by atoms with Crippen molar-refractivity contribution in [3.05, 3.63) is 0 Å². The number of carbonyl (C=O) groups excluding carboxylic acids is 2. The first-order valence-electron chi connectivity index (χ1n) is 8.58. The van der Waals surface area contributed by atoms with Crippen LogP contribution in [0.3, 0.4) is 0 Å². The first-order chi connectivity index (χ1) is 10.9. The summed E-state index contributed by atoms with van der Waals surface area (Å²) < 4.78 is 5.37. The first-order valence-corrected chi connectivity index (χ1v) is 8.58. The van der Waals surface area contributed by atoms with E-state index in [1.165, 1.54) is 0 Å². The number of rotatable bonds is 6. The van der Waals surface area contributed by atoms with E-state index in [9.17, 15) is 14.7 Å². The van der Waals surface area contributed by atoms with Gasteiger partial charge in [-0.1, -0.05) is 13.8 Å². The third kappa shape index (κ3) is 4.44. The fraction of sp³-hybridized carbons (Fsp3) is 0.882. The Labute approximate surface area is 138 Å². The van der Waals surface area contributed by atoms with Crippen LogP contribution < -0.4 is 0 Å². The molecule has 6 heteroatoms. The van der Waals surface area contributed by atoms with Crippen molar-refractivity contribution >= 4 is 11.8 Å². The fourth-order valence-corrected chi connectivity index (χ4v) is 3.62. The molecule has 23 heavy (non-hydrogen) atoms. The molecule has 2 heterocycles. The molecule has 0 bridgehead atoms. The Hall–Kier alpha value is -1.14. The standard InChI is InChI=1S/C17H30N2O4/c1-13(2)9-19-10-14(8-15(19)21)16(22)18(3)11-17(12-20)4-6-23-7-5-17/h13-14,20H,4-12H2,1-3H3/t14-/m0/s1. The number of aliphatic hydroxyl groups is 1. The van der Waals surface area contributed by atoms with Crippen LogP contribution in [0.5, 0.6) is 0 Å². The van der Waals surface area contributed by atoms with E-state index in [0.29, 0.717) is 45.2 Å². The van der Waals surface area contributed by atoms with E-state index in [1.807, 2.05) is 0 Å². The number of nitrogens with zero attached hydrogens (tertiary/aromatic N) is 2. The molecule has 6 nitrogen and oxygen atoms in total. The molecule has 0 radical (unpaired) electrons. The smallest absolute Gasteiger partial charge is 0.227 e. The van der Waals surface area contributed by atoms with Crippen molar-refractivity contribution in [3.63, 3.8) is 0 Å². The average molecular weight is 326 g/mol. The molecule has 2 fully saturated rings. The third-order valence-corrected chi connectivity index (χ3v) is 4.99. The molecule has 0 spiro atoms. The van der Waals surface area contributed by atoms with E-state index < -0.39 is 0 Å². The van der Waals surface area contributed by atoms with Crippen LogP contribution in [0, 0.1) is 17.3 Å². The minimum absolute atomic E-state index is 0.0175. The summed E-state index contributed by atoms with van der Waals surface area (Å²) >= 11 is 0. The number of hydrogen-bond acceptors (Lipinski definition) is 4. The summed E-state index contributed by atoms with van der Waals surface area (Å²) in [6, 6.07) is 0. The normalized spacial score (nSPS) is 24.3. The zero-order valence-corrected chi connectivity index (χ0v) is 14.6. The number of ether oxygens (including phenoxy) is 1. The van der Waals surface area contributed by atoms with Gasteiger partial charge in [0, 0.05) is 51.7 Å². The lowest BCUT2D eigenvalue weighted by Gasteiger charge is -2.39. The number of carbonyl (C=O) groups is 2. The minimum atomic E-state index is -0.261. The monoisotopic (exact) mass is 326 g/mol. The van der Waals surface area contributed by atoms with Gasteiger partial charge in [-0.25, -0.2) is 0 Å². The molecule has 1 N–H and O–H groups in total. The van der Waals surface area contributed by atoms with Gasteiger partial charge in [0.1, 0.15) is 0 Å². The Kier molecular flexibility index (Phi) is 6.03.